The molecule has 1 aromatic carbocycles. The van der Waals surface area contributed by atoms with Crippen LogP contribution in [0.5, 0.6) is 5.75 Å². The maximum absolute atomic E-state index is 6.13. The molecule has 0 saturated heterocycles. The van der Waals surface area contributed by atoms with Crippen LogP contribution in [0.4, 0.5) is 0 Å². The highest BCUT2D eigenvalue weighted by Gasteiger charge is 2.14. The number of benzene rings is 1. The topological polar surface area (TPSA) is 9.23 Å². The molecule has 0 fully saturated rings. The third-order valence-electron chi connectivity index (χ3n) is 2.22. The highest BCUT2D eigenvalue weighted by Crippen LogP contribution is 2.32. The number of halogens is 1. The van der Waals surface area contributed by atoms with E-state index in [2.05, 4.69) is 0 Å². The molecule has 0 aliphatic carbocycles. The van der Waals surface area contributed by atoms with E-state index < -0.39 is 0 Å². The molecule has 64 valence electrons. The Balaban J connectivity index is 2.54. The van der Waals surface area contributed by atoms with Gasteiger partial charge in [-0.3, -0.25) is 0 Å². The summed E-state index contributed by atoms with van der Waals surface area (Å²) >= 11 is 6.13. The predicted molar refractivity (Wildman–Crippen MR) is 50.0 cm³/mol. The van der Waals surface area contributed by atoms with Crippen molar-refractivity contribution in [3.8, 4) is 5.75 Å². The summed E-state index contributed by atoms with van der Waals surface area (Å²) in [6, 6.07) is 4.02. The van der Waals surface area contributed by atoms with Gasteiger partial charge < -0.3 is 4.74 Å². The second kappa shape index (κ2) is 2.98. The zero-order chi connectivity index (χ0) is 8.55. The molecule has 2 heteroatoms. The zero-order valence-electron chi connectivity index (χ0n) is 7.06. The van der Waals surface area contributed by atoms with Crippen LogP contribution in [0.1, 0.15) is 17.5 Å². The molecule has 0 radical (unpaired) electrons. The lowest BCUT2D eigenvalue weighted by molar-refractivity contribution is 0.288. The number of rotatable bonds is 0. The van der Waals surface area contributed by atoms with Gasteiger partial charge in [-0.25, -0.2) is 0 Å². The van der Waals surface area contributed by atoms with Crippen LogP contribution in [0, 0.1) is 6.92 Å². The van der Waals surface area contributed by atoms with Crippen molar-refractivity contribution in [3.05, 3.63) is 28.3 Å². The molecule has 2 rings (SSSR count). The molecule has 0 aromatic heterocycles. The van der Waals surface area contributed by atoms with Crippen molar-refractivity contribution in [2.75, 3.05) is 6.61 Å². The maximum Gasteiger partial charge on any atom is 0.123 e. The lowest BCUT2D eigenvalue weighted by Gasteiger charge is -2.18. The van der Waals surface area contributed by atoms with E-state index in [1.807, 2.05) is 19.1 Å². The van der Waals surface area contributed by atoms with Gasteiger partial charge in [0.05, 0.1) is 11.6 Å². The predicted octanol–water partition coefficient (Wildman–Crippen LogP) is 2.97. The molecular weight excluding hydrogens is 172 g/mol. The smallest absolute Gasteiger partial charge is 0.123 e. The van der Waals surface area contributed by atoms with Gasteiger partial charge in [0.15, 0.2) is 0 Å². The Kier molecular flexibility index (Phi) is 1.97. The van der Waals surface area contributed by atoms with Crippen molar-refractivity contribution in [2.24, 2.45) is 0 Å². The van der Waals surface area contributed by atoms with Crippen LogP contribution in [0.3, 0.4) is 0 Å². The van der Waals surface area contributed by atoms with Crippen molar-refractivity contribution in [3.63, 3.8) is 0 Å². The minimum Gasteiger partial charge on any atom is -0.493 e. The minimum absolute atomic E-state index is 0.826. The second-order valence-corrected chi connectivity index (χ2v) is 3.50. The third kappa shape index (κ3) is 1.18. The van der Waals surface area contributed by atoms with E-state index in [0.29, 0.717) is 0 Å². The number of ether oxygens (including phenoxy) is 1. The first kappa shape index (κ1) is 7.93. The zero-order valence-corrected chi connectivity index (χ0v) is 7.82. The van der Waals surface area contributed by atoms with E-state index in [1.165, 1.54) is 5.56 Å². The quantitative estimate of drug-likeness (QED) is 0.600. The summed E-state index contributed by atoms with van der Waals surface area (Å²) in [7, 11) is 0. The van der Waals surface area contributed by atoms with Crippen LogP contribution >= 0.6 is 11.6 Å². The van der Waals surface area contributed by atoms with E-state index in [4.69, 9.17) is 16.3 Å². The Labute approximate surface area is 77.3 Å². The van der Waals surface area contributed by atoms with Crippen molar-refractivity contribution in [1.82, 2.24) is 0 Å². The van der Waals surface area contributed by atoms with E-state index in [9.17, 15) is 0 Å². The first-order valence-electron chi connectivity index (χ1n) is 4.20. The van der Waals surface area contributed by atoms with Gasteiger partial charge in [0.1, 0.15) is 5.75 Å². The summed E-state index contributed by atoms with van der Waals surface area (Å²) in [6.07, 6.45) is 2.13. The van der Waals surface area contributed by atoms with Crippen LogP contribution in [0.2, 0.25) is 5.02 Å². The minimum atomic E-state index is 0.826. The highest BCUT2D eigenvalue weighted by atomic mass is 35.5. The Morgan fingerprint density at radius 2 is 2.25 bits per heavy atom. The molecule has 0 N–H and O–H groups in total. The van der Waals surface area contributed by atoms with Gasteiger partial charge >= 0.3 is 0 Å². The van der Waals surface area contributed by atoms with Gasteiger partial charge in [0, 0.05) is 5.56 Å². The summed E-state index contributed by atoms with van der Waals surface area (Å²) < 4.78 is 5.47. The summed E-state index contributed by atoms with van der Waals surface area (Å²) in [5.41, 5.74) is 2.32. The maximum atomic E-state index is 6.13. The molecule has 1 aliphatic heterocycles. The lowest BCUT2D eigenvalue weighted by Crippen LogP contribution is -2.08. The monoisotopic (exact) mass is 182 g/mol. The molecule has 12 heavy (non-hydrogen) atoms. The van der Waals surface area contributed by atoms with Crippen molar-refractivity contribution >= 4 is 11.6 Å². The molecule has 0 saturated carbocycles. The highest BCUT2D eigenvalue weighted by molar-refractivity contribution is 6.32. The lowest BCUT2D eigenvalue weighted by atomic mass is 10.0. The summed E-state index contributed by atoms with van der Waals surface area (Å²) in [4.78, 5) is 0. The van der Waals surface area contributed by atoms with Gasteiger partial charge in [-0.05, 0) is 31.4 Å². The fourth-order valence-electron chi connectivity index (χ4n) is 1.52. The van der Waals surface area contributed by atoms with Crippen molar-refractivity contribution in [1.29, 1.82) is 0 Å². The van der Waals surface area contributed by atoms with Crippen molar-refractivity contribution in [2.45, 2.75) is 19.8 Å². The van der Waals surface area contributed by atoms with Crippen molar-refractivity contribution < 1.29 is 4.74 Å². The van der Waals surface area contributed by atoms with E-state index in [0.717, 1.165) is 35.8 Å². The molecule has 0 amide bonds. The normalized spacial score (nSPS) is 15.2. The standard InChI is InChI=1S/C10H11ClO/c1-7-4-5-9-8(10(7)11)3-2-6-12-9/h4-5H,2-3,6H2,1H3. The van der Waals surface area contributed by atoms with Crippen LogP contribution < -0.4 is 4.74 Å². The van der Waals surface area contributed by atoms with E-state index >= 15 is 0 Å². The largest absolute Gasteiger partial charge is 0.493 e. The van der Waals surface area contributed by atoms with Gasteiger partial charge in [0.2, 0.25) is 0 Å². The number of hydrogen-bond donors (Lipinski definition) is 0. The Bertz CT molecular complexity index is 307. The van der Waals surface area contributed by atoms with Crippen LogP contribution in [0.15, 0.2) is 12.1 Å². The molecule has 0 spiro atoms. The number of hydrogen-bond acceptors (Lipinski definition) is 1. The third-order valence-corrected chi connectivity index (χ3v) is 2.75. The number of aryl methyl sites for hydroxylation is 1. The summed E-state index contributed by atoms with van der Waals surface area (Å²) in [5.74, 6) is 0.969. The Morgan fingerprint density at radius 1 is 1.42 bits per heavy atom. The van der Waals surface area contributed by atoms with Crippen LogP contribution in [0.25, 0.3) is 0 Å². The number of fused-ring (bicyclic) bond motifs is 1. The molecule has 0 atom stereocenters. The fraction of sp³-hybridized carbons (Fsp3) is 0.400. The first-order valence-corrected chi connectivity index (χ1v) is 4.57. The molecule has 1 aliphatic rings. The average Bonchev–Trinajstić information content (AvgIpc) is 2.12. The fourth-order valence-corrected chi connectivity index (χ4v) is 1.77. The molecule has 0 unspecified atom stereocenters. The van der Waals surface area contributed by atoms with Gasteiger partial charge in [0.25, 0.3) is 0 Å². The van der Waals surface area contributed by atoms with Crippen LogP contribution in [-0.4, -0.2) is 6.61 Å². The SMILES string of the molecule is Cc1ccc2c(c1Cl)CCCO2. The van der Waals surface area contributed by atoms with Gasteiger partial charge in [-0.15, -0.1) is 0 Å². The molecule has 0 bridgehead atoms. The van der Waals surface area contributed by atoms with Gasteiger partial charge in [-0.1, -0.05) is 17.7 Å². The van der Waals surface area contributed by atoms with E-state index in [-0.39, 0.29) is 0 Å². The van der Waals surface area contributed by atoms with Crippen LogP contribution in [-0.2, 0) is 6.42 Å². The van der Waals surface area contributed by atoms with Gasteiger partial charge in [-0.2, -0.15) is 0 Å². The molecule has 1 aromatic rings. The average molecular weight is 183 g/mol. The summed E-state index contributed by atoms with van der Waals surface area (Å²) in [5, 5.41) is 0.882. The van der Waals surface area contributed by atoms with E-state index in [1.54, 1.807) is 0 Å². The molecule has 1 heterocycles. The molecule has 1 nitrogen and oxygen atoms in total. The molecular formula is C10H11ClO. The second-order valence-electron chi connectivity index (χ2n) is 3.13. The first-order chi connectivity index (χ1) is 5.79. The Hall–Kier alpha value is -0.690. The Morgan fingerprint density at radius 3 is 3.08 bits per heavy atom. The summed E-state index contributed by atoms with van der Waals surface area (Å²) in [6.45, 7) is 2.85.